The van der Waals surface area contributed by atoms with Gasteiger partial charge in [0.1, 0.15) is 6.10 Å². The fraction of sp³-hybridized carbons (Fsp3) is 0.462. The molecule has 2 N–H and O–H groups in total. The van der Waals surface area contributed by atoms with Crippen LogP contribution < -0.4 is 5.32 Å². The number of hydrogen-bond acceptors (Lipinski definition) is 3. The molecule has 1 heterocycles. The molecule has 1 saturated heterocycles. The van der Waals surface area contributed by atoms with Crippen molar-refractivity contribution < 1.29 is 14.6 Å². The molecule has 4 heteroatoms. The van der Waals surface area contributed by atoms with Crippen molar-refractivity contribution in [3.05, 3.63) is 29.8 Å². The van der Waals surface area contributed by atoms with E-state index in [0.29, 0.717) is 6.61 Å². The Hall–Kier alpha value is -1.39. The summed E-state index contributed by atoms with van der Waals surface area (Å²) in [6.45, 7) is 2.37. The molecule has 0 aromatic heterocycles. The van der Waals surface area contributed by atoms with E-state index in [2.05, 4.69) is 5.32 Å². The molecule has 1 amide bonds. The predicted molar refractivity (Wildman–Crippen MR) is 64.7 cm³/mol. The molecule has 0 radical (unpaired) electrons. The van der Waals surface area contributed by atoms with Gasteiger partial charge in [-0.05, 0) is 37.5 Å². The molecule has 0 aliphatic carbocycles. The highest BCUT2D eigenvalue weighted by molar-refractivity contribution is 5.94. The zero-order valence-corrected chi connectivity index (χ0v) is 9.85. The van der Waals surface area contributed by atoms with Crippen LogP contribution in [0.1, 0.15) is 31.4 Å². The van der Waals surface area contributed by atoms with E-state index >= 15 is 0 Å². The Labute approximate surface area is 101 Å². The highest BCUT2D eigenvalue weighted by Gasteiger charge is 2.23. The zero-order chi connectivity index (χ0) is 12.3. The van der Waals surface area contributed by atoms with Gasteiger partial charge in [0.05, 0.1) is 6.10 Å². The summed E-state index contributed by atoms with van der Waals surface area (Å²) < 4.78 is 5.30. The van der Waals surface area contributed by atoms with Crippen LogP contribution in [0.5, 0.6) is 0 Å². The molecule has 2 rings (SSSR count). The summed E-state index contributed by atoms with van der Waals surface area (Å²) in [4.78, 5) is 11.7. The lowest BCUT2D eigenvalue weighted by atomic mass is 10.1. The lowest BCUT2D eigenvalue weighted by Gasteiger charge is -2.11. The monoisotopic (exact) mass is 235 g/mol. The quantitative estimate of drug-likeness (QED) is 0.840. The number of aliphatic hydroxyl groups is 1. The van der Waals surface area contributed by atoms with E-state index in [4.69, 9.17) is 4.74 Å². The maximum atomic E-state index is 11.7. The predicted octanol–water partition coefficient (Wildman–Crippen LogP) is 1.86. The summed E-state index contributed by atoms with van der Waals surface area (Å²) in [7, 11) is 0. The van der Waals surface area contributed by atoms with E-state index in [1.165, 1.54) is 0 Å². The number of anilines is 1. The lowest BCUT2D eigenvalue weighted by Crippen LogP contribution is -2.26. The van der Waals surface area contributed by atoms with Crippen molar-refractivity contribution in [3.8, 4) is 0 Å². The van der Waals surface area contributed by atoms with Crippen LogP contribution in [-0.2, 0) is 9.53 Å². The number of carbonyl (C=O) groups excluding carboxylic acids is 1. The smallest absolute Gasteiger partial charge is 0.253 e. The van der Waals surface area contributed by atoms with Crippen LogP contribution in [0.2, 0.25) is 0 Å². The Morgan fingerprint density at radius 2 is 2.18 bits per heavy atom. The number of aliphatic hydroxyl groups excluding tert-OH is 1. The Bertz CT molecular complexity index is 380. The average Bonchev–Trinajstić information content (AvgIpc) is 2.83. The maximum absolute atomic E-state index is 11.7. The van der Waals surface area contributed by atoms with Crippen molar-refractivity contribution in [3.63, 3.8) is 0 Å². The van der Waals surface area contributed by atoms with Crippen molar-refractivity contribution >= 4 is 11.6 Å². The second kappa shape index (κ2) is 5.29. The third-order valence-corrected chi connectivity index (χ3v) is 2.88. The molecule has 92 valence electrons. The molecule has 0 bridgehead atoms. The summed E-state index contributed by atoms with van der Waals surface area (Å²) >= 11 is 0. The number of rotatable bonds is 3. The number of nitrogens with one attached hydrogen (secondary N) is 1. The molecular weight excluding hydrogens is 218 g/mol. The fourth-order valence-corrected chi connectivity index (χ4v) is 1.85. The second-order valence-electron chi connectivity index (χ2n) is 4.29. The first kappa shape index (κ1) is 12.1. The molecule has 0 saturated carbocycles. The third-order valence-electron chi connectivity index (χ3n) is 2.88. The van der Waals surface area contributed by atoms with Crippen molar-refractivity contribution in [1.82, 2.24) is 0 Å². The first-order valence-corrected chi connectivity index (χ1v) is 5.87. The standard InChI is InChI=1S/C13H17NO3/c1-9(15)10-4-6-11(7-5-10)14-13(16)12-3-2-8-17-12/h4-7,9,12,15H,2-3,8H2,1H3,(H,14,16). The third kappa shape index (κ3) is 3.05. The first-order chi connectivity index (χ1) is 8.16. The minimum Gasteiger partial charge on any atom is -0.389 e. The summed E-state index contributed by atoms with van der Waals surface area (Å²) in [5.41, 5.74) is 1.56. The minimum absolute atomic E-state index is 0.0905. The number of ether oxygens (including phenoxy) is 1. The largest absolute Gasteiger partial charge is 0.389 e. The number of carbonyl (C=O) groups is 1. The highest BCUT2D eigenvalue weighted by atomic mass is 16.5. The van der Waals surface area contributed by atoms with E-state index in [1.807, 2.05) is 0 Å². The number of benzene rings is 1. The summed E-state index contributed by atoms with van der Waals surface area (Å²) in [5, 5.41) is 12.2. The van der Waals surface area contributed by atoms with Gasteiger partial charge >= 0.3 is 0 Å². The normalized spacial score (nSPS) is 21.2. The fourth-order valence-electron chi connectivity index (χ4n) is 1.85. The van der Waals surface area contributed by atoms with Crippen LogP contribution in [0.3, 0.4) is 0 Å². The molecule has 17 heavy (non-hydrogen) atoms. The van der Waals surface area contributed by atoms with Gasteiger partial charge in [-0.15, -0.1) is 0 Å². The van der Waals surface area contributed by atoms with E-state index in [9.17, 15) is 9.90 Å². The minimum atomic E-state index is -0.488. The van der Waals surface area contributed by atoms with E-state index < -0.39 is 6.10 Å². The number of amides is 1. The van der Waals surface area contributed by atoms with E-state index in [1.54, 1.807) is 31.2 Å². The van der Waals surface area contributed by atoms with Gasteiger partial charge in [0, 0.05) is 12.3 Å². The summed E-state index contributed by atoms with van der Waals surface area (Å²) in [6.07, 6.45) is 0.931. The maximum Gasteiger partial charge on any atom is 0.253 e. The number of hydrogen-bond donors (Lipinski definition) is 2. The van der Waals surface area contributed by atoms with Gasteiger partial charge in [-0.2, -0.15) is 0 Å². The molecule has 1 aromatic carbocycles. The molecule has 2 unspecified atom stereocenters. The van der Waals surface area contributed by atoms with Gasteiger partial charge in [-0.3, -0.25) is 4.79 Å². The molecule has 1 fully saturated rings. The summed E-state index contributed by atoms with van der Waals surface area (Å²) in [5.74, 6) is -0.0905. The molecule has 1 aromatic rings. The van der Waals surface area contributed by atoms with Crippen LogP contribution in [-0.4, -0.2) is 23.7 Å². The van der Waals surface area contributed by atoms with Gasteiger partial charge in [-0.1, -0.05) is 12.1 Å². The van der Waals surface area contributed by atoms with Gasteiger partial charge in [0.15, 0.2) is 0 Å². The Morgan fingerprint density at radius 1 is 1.47 bits per heavy atom. The van der Waals surface area contributed by atoms with Crippen molar-refractivity contribution in [1.29, 1.82) is 0 Å². The van der Waals surface area contributed by atoms with Crippen LogP contribution in [0.25, 0.3) is 0 Å². The second-order valence-corrected chi connectivity index (χ2v) is 4.29. The van der Waals surface area contributed by atoms with Crippen molar-refractivity contribution in [2.24, 2.45) is 0 Å². The Morgan fingerprint density at radius 3 is 2.71 bits per heavy atom. The highest BCUT2D eigenvalue weighted by Crippen LogP contribution is 2.18. The van der Waals surface area contributed by atoms with Crippen molar-refractivity contribution in [2.75, 3.05) is 11.9 Å². The van der Waals surface area contributed by atoms with Crippen LogP contribution in [0, 0.1) is 0 Å². The Balaban J connectivity index is 1.96. The summed E-state index contributed by atoms with van der Waals surface area (Å²) in [6, 6.07) is 7.18. The van der Waals surface area contributed by atoms with Gasteiger partial charge in [0.25, 0.3) is 5.91 Å². The van der Waals surface area contributed by atoms with Crippen molar-refractivity contribution in [2.45, 2.75) is 32.0 Å². The van der Waals surface area contributed by atoms with E-state index in [-0.39, 0.29) is 12.0 Å². The van der Waals surface area contributed by atoms with Gasteiger partial charge < -0.3 is 15.2 Å². The SMILES string of the molecule is CC(O)c1ccc(NC(=O)C2CCCO2)cc1. The average molecular weight is 235 g/mol. The lowest BCUT2D eigenvalue weighted by molar-refractivity contribution is -0.124. The molecular formula is C13H17NO3. The molecule has 0 spiro atoms. The van der Waals surface area contributed by atoms with Crippen LogP contribution in [0.15, 0.2) is 24.3 Å². The van der Waals surface area contributed by atoms with Crippen LogP contribution >= 0.6 is 0 Å². The Kier molecular flexibility index (Phi) is 3.76. The van der Waals surface area contributed by atoms with E-state index in [0.717, 1.165) is 24.1 Å². The molecule has 1 aliphatic rings. The molecule has 4 nitrogen and oxygen atoms in total. The van der Waals surface area contributed by atoms with Crippen LogP contribution in [0.4, 0.5) is 5.69 Å². The van der Waals surface area contributed by atoms with Gasteiger partial charge in [-0.25, -0.2) is 0 Å². The zero-order valence-electron chi connectivity index (χ0n) is 9.85. The topological polar surface area (TPSA) is 58.6 Å². The van der Waals surface area contributed by atoms with Gasteiger partial charge in [0.2, 0.25) is 0 Å². The molecule has 1 aliphatic heterocycles. The first-order valence-electron chi connectivity index (χ1n) is 5.87. The molecule has 2 atom stereocenters.